The number of benzene rings is 2. The zero-order valence-electron chi connectivity index (χ0n) is 17.1. The van der Waals surface area contributed by atoms with Crippen LogP contribution in [-0.2, 0) is 4.79 Å². The fraction of sp³-hybridized carbons (Fsp3) is 0.333. The second-order valence-corrected chi connectivity index (χ2v) is 7.33. The molecule has 30 heavy (non-hydrogen) atoms. The molecule has 3 amide bonds. The Hall–Kier alpha value is -3.46. The number of anilines is 2. The number of hydrogen-bond donors (Lipinski definition) is 2. The number of nitrogens with zero attached hydrogens (tertiary/aromatic N) is 3. The minimum absolute atomic E-state index is 0.0757. The Labute approximate surface area is 174 Å². The normalized spacial score (nSPS) is 14.3. The largest absolute Gasteiger partial charge is 0.363 e. The lowest BCUT2D eigenvalue weighted by molar-refractivity contribution is -0.384. The molecule has 2 aromatic carbocycles. The molecule has 0 unspecified atom stereocenters. The summed E-state index contributed by atoms with van der Waals surface area (Å²) in [6.07, 6.45) is 0. The first-order chi connectivity index (χ1) is 14.3. The molecule has 0 bridgehead atoms. The van der Waals surface area contributed by atoms with Gasteiger partial charge in [-0.3, -0.25) is 25.1 Å². The van der Waals surface area contributed by atoms with Crippen LogP contribution in [0, 0.1) is 24.0 Å². The zero-order valence-corrected chi connectivity index (χ0v) is 17.1. The lowest BCUT2D eigenvalue weighted by Crippen LogP contribution is -2.50. The number of aryl methyl sites for hydroxylation is 2. The molecule has 2 N–H and O–H groups in total. The average molecular weight is 411 g/mol. The van der Waals surface area contributed by atoms with Gasteiger partial charge in [0, 0.05) is 37.9 Å². The summed E-state index contributed by atoms with van der Waals surface area (Å²) in [4.78, 5) is 39.0. The van der Waals surface area contributed by atoms with Crippen LogP contribution in [0.2, 0.25) is 0 Å². The second-order valence-electron chi connectivity index (χ2n) is 7.33. The molecule has 9 nitrogen and oxygen atoms in total. The molecule has 158 valence electrons. The number of hydrogen-bond acceptors (Lipinski definition) is 6. The van der Waals surface area contributed by atoms with Crippen molar-refractivity contribution in [1.29, 1.82) is 0 Å². The SMILES string of the molecule is Cc1ccc(NC(=O)NC(=O)CN2CCN(c3ccccc3[N+](=O)[O-])CC2)c(C)c1. The highest BCUT2D eigenvalue weighted by molar-refractivity contribution is 6.02. The smallest absolute Gasteiger partial charge is 0.325 e. The number of nitro benzene ring substituents is 1. The molecule has 0 aliphatic carbocycles. The van der Waals surface area contributed by atoms with Crippen molar-refractivity contribution in [1.82, 2.24) is 10.2 Å². The fourth-order valence-corrected chi connectivity index (χ4v) is 3.51. The lowest BCUT2D eigenvalue weighted by atomic mass is 10.1. The molecule has 0 radical (unpaired) electrons. The number of rotatable bonds is 5. The molecule has 2 aromatic rings. The maximum Gasteiger partial charge on any atom is 0.325 e. The summed E-state index contributed by atoms with van der Waals surface area (Å²) in [7, 11) is 0. The predicted octanol–water partition coefficient (Wildman–Crippen LogP) is 2.68. The van der Waals surface area contributed by atoms with Gasteiger partial charge in [0.25, 0.3) is 5.69 Å². The molecule has 3 rings (SSSR count). The van der Waals surface area contributed by atoms with E-state index in [1.165, 1.54) is 6.07 Å². The molecule has 0 spiro atoms. The van der Waals surface area contributed by atoms with Crippen LogP contribution in [0.1, 0.15) is 11.1 Å². The van der Waals surface area contributed by atoms with E-state index in [1.54, 1.807) is 24.3 Å². The molecule has 1 heterocycles. The van der Waals surface area contributed by atoms with Gasteiger partial charge in [-0.25, -0.2) is 4.79 Å². The Kier molecular flexibility index (Phi) is 6.63. The number of nitro groups is 1. The van der Waals surface area contributed by atoms with Crippen LogP contribution >= 0.6 is 0 Å². The molecule has 0 atom stereocenters. The second kappa shape index (κ2) is 9.36. The number of nitrogens with one attached hydrogen (secondary N) is 2. The van der Waals surface area contributed by atoms with Gasteiger partial charge in [0.15, 0.2) is 0 Å². The van der Waals surface area contributed by atoms with Crippen molar-refractivity contribution in [3.63, 3.8) is 0 Å². The molecule has 9 heteroatoms. The van der Waals surface area contributed by atoms with Gasteiger partial charge in [-0.15, -0.1) is 0 Å². The molecular formula is C21H25N5O4. The highest BCUT2D eigenvalue weighted by atomic mass is 16.6. The lowest BCUT2D eigenvalue weighted by Gasteiger charge is -2.35. The first kappa shape index (κ1) is 21.3. The molecule has 1 saturated heterocycles. The summed E-state index contributed by atoms with van der Waals surface area (Å²) >= 11 is 0. The van der Waals surface area contributed by atoms with E-state index < -0.39 is 11.9 Å². The van der Waals surface area contributed by atoms with Gasteiger partial charge < -0.3 is 10.2 Å². The summed E-state index contributed by atoms with van der Waals surface area (Å²) in [6, 6.07) is 11.7. The molecule has 0 saturated carbocycles. The summed E-state index contributed by atoms with van der Waals surface area (Å²) in [5.41, 5.74) is 3.33. The number of carbonyl (C=O) groups is 2. The van der Waals surface area contributed by atoms with E-state index in [-0.39, 0.29) is 17.2 Å². The summed E-state index contributed by atoms with van der Waals surface area (Å²) in [6.45, 7) is 6.21. The molecule has 0 aromatic heterocycles. The van der Waals surface area contributed by atoms with E-state index in [9.17, 15) is 19.7 Å². The zero-order chi connectivity index (χ0) is 21.7. The maximum absolute atomic E-state index is 12.2. The van der Waals surface area contributed by atoms with Gasteiger partial charge in [-0.05, 0) is 31.5 Å². The average Bonchev–Trinajstić information content (AvgIpc) is 2.70. The van der Waals surface area contributed by atoms with Crippen molar-refractivity contribution in [2.45, 2.75) is 13.8 Å². The van der Waals surface area contributed by atoms with Crippen molar-refractivity contribution in [2.75, 3.05) is 42.9 Å². The van der Waals surface area contributed by atoms with Crippen LogP contribution in [0.15, 0.2) is 42.5 Å². The predicted molar refractivity (Wildman–Crippen MR) is 115 cm³/mol. The van der Waals surface area contributed by atoms with E-state index in [1.807, 2.05) is 35.8 Å². The third-order valence-electron chi connectivity index (χ3n) is 5.04. The van der Waals surface area contributed by atoms with Crippen molar-refractivity contribution in [3.05, 3.63) is 63.7 Å². The van der Waals surface area contributed by atoms with E-state index >= 15 is 0 Å². The Bertz CT molecular complexity index is 954. The van der Waals surface area contributed by atoms with Crippen LogP contribution in [0.25, 0.3) is 0 Å². The van der Waals surface area contributed by atoms with Crippen LogP contribution in [-0.4, -0.2) is 54.5 Å². The van der Waals surface area contributed by atoms with Gasteiger partial charge in [0.2, 0.25) is 5.91 Å². The Balaban J connectivity index is 1.48. The van der Waals surface area contributed by atoms with Crippen LogP contribution in [0.3, 0.4) is 0 Å². The number of para-hydroxylation sites is 2. The number of urea groups is 1. The minimum atomic E-state index is -0.564. The quantitative estimate of drug-likeness (QED) is 0.579. The monoisotopic (exact) mass is 411 g/mol. The maximum atomic E-state index is 12.2. The van der Waals surface area contributed by atoms with Gasteiger partial charge in [0.05, 0.1) is 11.5 Å². The van der Waals surface area contributed by atoms with Crippen LogP contribution in [0.4, 0.5) is 21.9 Å². The first-order valence-electron chi connectivity index (χ1n) is 9.72. The Morgan fingerprint density at radius 1 is 1.07 bits per heavy atom. The number of imide groups is 1. The third kappa shape index (κ3) is 5.32. The van der Waals surface area contributed by atoms with Gasteiger partial charge >= 0.3 is 6.03 Å². The van der Waals surface area contributed by atoms with Crippen molar-refractivity contribution in [3.8, 4) is 0 Å². The van der Waals surface area contributed by atoms with Crippen molar-refractivity contribution < 1.29 is 14.5 Å². The Morgan fingerprint density at radius 3 is 2.43 bits per heavy atom. The molecule has 1 aliphatic heterocycles. The third-order valence-corrected chi connectivity index (χ3v) is 5.04. The standard InChI is InChI=1S/C21H25N5O4/c1-15-7-8-17(16(2)13-15)22-21(28)23-20(27)14-24-9-11-25(12-10-24)18-5-3-4-6-19(18)26(29)30/h3-8,13H,9-12,14H2,1-2H3,(H2,22,23,27,28). The highest BCUT2D eigenvalue weighted by Crippen LogP contribution is 2.28. The first-order valence-corrected chi connectivity index (χ1v) is 9.72. The number of piperazine rings is 1. The van der Waals surface area contributed by atoms with Gasteiger partial charge in [0.1, 0.15) is 5.69 Å². The number of carbonyl (C=O) groups excluding carboxylic acids is 2. The summed E-state index contributed by atoms with van der Waals surface area (Å²) < 4.78 is 0. The van der Waals surface area contributed by atoms with Crippen LogP contribution < -0.4 is 15.5 Å². The molecule has 1 aliphatic rings. The number of amides is 3. The highest BCUT2D eigenvalue weighted by Gasteiger charge is 2.24. The van der Waals surface area contributed by atoms with E-state index in [2.05, 4.69) is 10.6 Å². The summed E-state index contributed by atoms with van der Waals surface area (Å²) in [5, 5.41) is 16.3. The Morgan fingerprint density at radius 2 is 1.77 bits per heavy atom. The fourth-order valence-electron chi connectivity index (χ4n) is 3.51. The molecular weight excluding hydrogens is 386 g/mol. The van der Waals surface area contributed by atoms with E-state index in [0.717, 1.165) is 11.1 Å². The topological polar surface area (TPSA) is 108 Å². The van der Waals surface area contributed by atoms with Crippen molar-refractivity contribution >= 4 is 29.0 Å². The van der Waals surface area contributed by atoms with Crippen LogP contribution in [0.5, 0.6) is 0 Å². The van der Waals surface area contributed by atoms with Gasteiger partial charge in [-0.2, -0.15) is 0 Å². The minimum Gasteiger partial charge on any atom is -0.363 e. The van der Waals surface area contributed by atoms with Crippen molar-refractivity contribution in [2.24, 2.45) is 0 Å². The van der Waals surface area contributed by atoms with Gasteiger partial charge in [-0.1, -0.05) is 29.8 Å². The van der Waals surface area contributed by atoms with E-state index in [0.29, 0.717) is 37.6 Å². The molecule has 1 fully saturated rings. The van der Waals surface area contributed by atoms with E-state index in [4.69, 9.17) is 0 Å². The summed E-state index contributed by atoms with van der Waals surface area (Å²) in [5.74, 6) is -0.392.